The van der Waals surface area contributed by atoms with Gasteiger partial charge in [-0.2, -0.15) is 13.2 Å². The van der Waals surface area contributed by atoms with E-state index in [0.717, 1.165) is 24.3 Å². The normalized spacial score (nSPS) is 13.6. The van der Waals surface area contributed by atoms with E-state index in [1.54, 1.807) is 24.3 Å². The molecule has 0 bridgehead atoms. The fourth-order valence-electron chi connectivity index (χ4n) is 2.76. The highest BCUT2D eigenvalue weighted by molar-refractivity contribution is 5.87. The molecule has 0 aliphatic carbocycles. The molecule has 1 amide bonds. The third-order valence-corrected chi connectivity index (χ3v) is 4.33. The number of carbonyl (C=O) groups excluding carboxylic acids is 1. The largest absolute Gasteiger partial charge is 0.480 e. The van der Waals surface area contributed by atoms with Crippen LogP contribution in [0.4, 0.5) is 13.2 Å². The van der Waals surface area contributed by atoms with Crippen molar-refractivity contribution in [2.75, 3.05) is 0 Å². The average molecular weight is 419 g/mol. The van der Waals surface area contributed by atoms with E-state index >= 15 is 0 Å². The van der Waals surface area contributed by atoms with Crippen molar-refractivity contribution < 1.29 is 33.0 Å². The van der Waals surface area contributed by atoms with Crippen molar-refractivity contribution in [3.8, 4) is 0 Å². The number of hydrogen-bond donors (Lipinski definition) is 3. The van der Waals surface area contributed by atoms with Gasteiger partial charge in [0.15, 0.2) is 6.10 Å². The summed E-state index contributed by atoms with van der Waals surface area (Å²) in [4.78, 5) is 32.3. The first-order valence-corrected chi connectivity index (χ1v) is 8.74. The average Bonchev–Trinajstić information content (AvgIpc) is 2.72. The summed E-state index contributed by atoms with van der Waals surface area (Å²) in [5, 5.41) is 21.7. The number of hydrogen-bond acceptors (Lipinski definition) is 5. The number of aliphatic hydroxyl groups is 1. The van der Waals surface area contributed by atoms with E-state index in [9.17, 15) is 33.0 Å². The van der Waals surface area contributed by atoms with E-state index in [1.807, 2.05) is 0 Å². The Morgan fingerprint density at radius 3 is 2.27 bits per heavy atom. The number of benzene rings is 2. The monoisotopic (exact) mass is 419 g/mol. The Bertz CT molecular complexity index is 1070. The molecule has 0 fully saturated rings. The van der Waals surface area contributed by atoms with Gasteiger partial charge in [-0.05, 0) is 29.8 Å². The number of nitrogens with zero attached hydrogens (tertiary/aromatic N) is 2. The molecule has 1 aromatic heterocycles. The predicted molar refractivity (Wildman–Crippen MR) is 99.2 cm³/mol. The summed E-state index contributed by atoms with van der Waals surface area (Å²) in [6, 6.07) is 8.91. The van der Waals surface area contributed by atoms with Crippen LogP contribution < -0.4 is 5.32 Å². The van der Waals surface area contributed by atoms with Crippen molar-refractivity contribution in [2.24, 2.45) is 0 Å². The number of nitrogens with one attached hydrogen (secondary N) is 1. The van der Waals surface area contributed by atoms with Crippen LogP contribution >= 0.6 is 0 Å². The highest BCUT2D eigenvalue weighted by atomic mass is 19.4. The maximum absolute atomic E-state index is 12.6. The summed E-state index contributed by atoms with van der Waals surface area (Å²) in [5.41, 5.74) is 0.447. The molecule has 156 valence electrons. The topological polar surface area (TPSA) is 112 Å². The van der Waals surface area contributed by atoms with Gasteiger partial charge in [0.2, 0.25) is 0 Å². The van der Waals surface area contributed by atoms with Crippen molar-refractivity contribution in [1.29, 1.82) is 0 Å². The second kappa shape index (κ2) is 8.46. The molecule has 3 rings (SSSR count). The van der Waals surface area contributed by atoms with Crippen molar-refractivity contribution in [2.45, 2.75) is 24.7 Å². The van der Waals surface area contributed by atoms with Crippen LogP contribution in [-0.2, 0) is 22.2 Å². The maximum atomic E-state index is 12.6. The van der Waals surface area contributed by atoms with Crippen LogP contribution in [0.2, 0.25) is 0 Å². The van der Waals surface area contributed by atoms with E-state index in [0.29, 0.717) is 16.7 Å². The SMILES string of the molecule is O=C(O)[C@@H](Cc1cnc2ccccc2n1)NC(=O)[C@H](O)c1ccc(C(F)(F)F)cc1. The zero-order valence-corrected chi connectivity index (χ0v) is 15.3. The lowest BCUT2D eigenvalue weighted by molar-refractivity contribution is -0.143. The van der Waals surface area contributed by atoms with Gasteiger partial charge in [0.1, 0.15) is 6.04 Å². The van der Waals surface area contributed by atoms with Crippen LogP contribution in [0.3, 0.4) is 0 Å². The van der Waals surface area contributed by atoms with Crippen molar-refractivity contribution in [3.63, 3.8) is 0 Å². The molecule has 0 radical (unpaired) electrons. The van der Waals surface area contributed by atoms with E-state index in [2.05, 4.69) is 15.3 Å². The molecule has 0 saturated heterocycles. The van der Waals surface area contributed by atoms with E-state index < -0.39 is 35.8 Å². The number of amides is 1. The number of alkyl halides is 3. The van der Waals surface area contributed by atoms with Crippen molar-refractivity contribution in [3.05, 3.63) is 71.5 Å². The first-order chi connectivity index (χ1) is 14.1. The third kappa shape index (κ3) is 4.90. The Labute approximate surface area is 168 Å². The van der Waals surface area contributed by atoms with Gasteiger partial charge in [0.25, 0.3) is 5.91 Å². The minimum Gasteiger partial charge on any atom is -0.480 e. The number of rotatable bonds is 6. The zero-order valence-electron chi connectivity index (χ0n) is 15.3. The predicted octanol–water partition coefficient (Wildman–Crippen LogP) is 2.49. The van der Waals surface area contributed by atoms with E-state index in [-0.39, 0.29) is 12.0 Å². The molecule has 30 heavy (non-hydrogen) atoms. The number of aliphatic carboxylic acids is 1. The standard InChI is InChI=1S/C20H16F3N3O4/c21-20(22,23)12-7-5-11(6-8-12)17(27)18(28)26-16(19(29)30)9-13-10-24-14-3-1-2-4-15(14)25-13/h1-8,10,16-17,27H,9H2,(H,26,28)(H,29,30)/t16-,17-/m1/s1. The van der Waals surface area contributed by atoms with Gasteiger partial charge in [0.05, 0.1) is 22.3 Å². The maximum Gasteiger partial charge on any atom is 0.416 e. The van der Waals surface area contributed by atoms with Crippen LogP contribution in [-0.4, -0.2) is 38.1 Å². The molecule has 0 aliphatic rings. The molecule has 2 aromatic carbocycles. The Morgan fingerprint density at radius 1 is 1.03 bits per heavy atom. The Hall–Kier alpha value is -3.53. The first-order valence-electron chi connectivity index (χ1n) is 8.74. The molecule has 10 heteroatoms. The van der Waals surface area contributed by atoms with Crippen molar-refractivity contribution in [1.82, 2.24) is 15.3 Å². The van der Waals surface area contributed by atoms with Crippen LogP contribution in [0.5, 0.6) is 0 Å². The fourth-order valence-corrected chi connectivity index (χ4v) is 2.76. The van der Waals surface area contributed by atoms with Gasteiger partial charge in [-0.25, -0.2) is 9.78 Å². The third-order valence-electron chi connectivity index (χ3n) is 4.33. The smallest absolute Gasteiger partial charge is 0.416 e. The van der Waals surface area contributed by atoms with Crippen LogP contribution in [0.1, 0.15) is 22.9 Å². The molecule has 0 unspecified atom stereocenters. The van der Waals surface area contributed by atoms with Gasteiger partial charge in [-0.15, -0.1) is 0 Å². The van der Waals surface area contributed by atoms with Gasteiger partial charge in [-0.1, -0.05) is 24.3 Å². The number of carboxylic acids is 1. The first kappa shape index (κ1) is 21.2. The number of carbonyl (C=O) groups is 2. The highest BCUT2D eigenvalue weighted by Gasteiger charge is 2.31. The van der Waals surface area contributed by atoms with Crippen LogP contribution in [0.15, 0.2) is 54.7 Å². The van der Waals surface area contributed by atoms with Crippen LogP contribution in [0.25, 0.3) is 11.0 Å². The summed E-state index contributed by atoms with van der Waals surface area (Å²) in [7, 11) is 0. The van der Waals surface area contributed by atoms with Gasteiger partial charge in [-0.3, -0.25) is 9.78 Å². The molecule has 7 nitrogen and oxygen atoms in total. The molecular formula is C20H16F3N3O4. The fraction of sp³-hybridized carbons (Fsp3) is 0.200. The Kier molecular flexibility index (Phi) is 5.97. The lowest BCUT2D eigenvalue weighted by Gasteiger charge is -2.18. The molecule has 2 atom stereocenters. The number of para-hydroxylation sites is 2. The highest BCUT2D eigenvalue weighted by Crippen LogP contribution is 2.30. The zero-order chi connectivity index (χ0) is 21.9. The lowest BCUT2D eigenvalue weighted by Crippen LogP contribution is -2.44. The summed E-state index contributed by atoms with van der Waals surface area (Å²) in [5.74, 6) is -2.42. The van der Waals surface area contributed by atoms with Crippen LogP contribution in [0, 0.1) is 0 Å². The molecule has 0 saturated carbocycles. The van der Waals surface area contributed by atoms with E-state index in [4.69, 9.17) is 0 Å². The number of aliphatic hydroxyl groups excluding tert-OH is 1. The number of fused-ring (bicyclic) bond motifs is 1. The molecule has 3 N–H and O–H groups in total. The van der Waals surface area contributed by atoms with Gasteiger partial charge in [0, 0.05) is 12.6 Å². The van der Waals surface area contributed by atoms with Gasteiger partial charge < -0.3 is 15.5 Å². The second-order valence-corrected chi connectivity index (χ2v) is 6.48. The molecular weight excluding hydrogens is 403 g/mol. The van der Waals surface area contributed by atoms with E-state index in [1.165, 1.54) is 6.20 Å². The van der Waals surface area contributed by atoms with Crippen molar-refractivity contribution >= 4 is 22.9 Å². The summed E-state index contributed by atoms with van der Waals surface area (Å²) >= 11 is 0. The summed E-state index contributed by atoms with van der Waals surface area (Å²) < 4.78 is 37.9. The number of halogens is 3. The molecule has 0 aliphatic heterocycles. The molecule has 1 heterocycles. The summed E-state index contributed by atoms with van der Waals surface area (Å²) in [6.45, 7) is 0. The molecule has 3 aromatic rings. The number of aromatic nitrogens is 2. The lowest BCUT2D eigenvalue weighted by atomic mass is 10.1. The quantitative estimate of drug-likeness (QED) is 0.566. The number of carboxylic acid groups (broad SMARTS) is 1. The summed E-state index contributed by atoms with van der Waals surface area (Å²) in [6.07, 6.45) is -5.20. The second-order valence-electron chi connectivity index (χ2n) is 6.48. The van der Waals surface area contributed by atoms with Gasteiger partial charge >= 0.3 is 12.1 Å². The Balaban J connectivity index is 1.72. The molecule has 0 spiro atoms. The Morgan fingerprint density at radius 2 is 1.67 bits per heavy atom. The minimum absolute atomic E-state index is 0.102. The minimum atomic E-state index is -4.55.